The number of carbonyl (C=O) groups excluding carboxylic acids is 1. The zero-order valence-corrected chi connectivity index (χ0v) is 13.5. The Morgan fingerprint density at radius 3 is 2.46 bits per heavy atom. The van der Waals surface area contributed by atoms with Crippen LogP contribution in [0.3, 0.4) is 0 Å². The van der Waals surface area contributed by atoms with Crippen LogP contribution in [0.4, 0.5) is 0 Å². The maximum Gasteiger partial charge on any atom is 0.266 e. The van der Waals surface area contributed by atoms with Gasteiger partial charge in [-0.05, 0) is 29.1 Å². The van der Waals surface area contributed by atoms with Gasteiger partial charge in [-0.1, -0.05) is 66.7 Å². The molecule has 4 nitrogen and oxygen atoms in total. The lowest BCUT2D eigenvalue weighted by atomic mass is 10.0. The molecular weight excluding hydrogens is 318 g/mol. The molecule has 0 aliphatic heterocycles. The van der Waals surface area contributed by atoms with Crippen molar-refractivity contribution in [3.8, 4) is 11.4 Å². The summed E-state index contributed by atoms with van der Waals surface area (Å²) in [5.74, 6) is 0.322. The van der Waals surface area contributed by atoms with Gasteiger partial charge in [0.15, 0.2) is 5.82 Å². The molecule has 0 saturated carbocycles. The van der Waals surface area contributed by atoms with Gasteiger partial charge in [0, 0.05) is 11.1 Å². The van der Waals surface area contributed by atoms with E-state index in [0.29, 0.717) is 11.4 Å². The zero-order chi connectivity index (χ0) is 16.5. The van der Waals surface area contributed by atoms with E-state index in [0.717, 1.165) is 16.3 Å². The van der Waals surface area contributed by atoms with E-state index in [4.69, 9.17) is 12.2 Å². The van der Waals surface area contributed by atoms with E-state index in [9.17, 15) is 4.79 Å². The quantitative estimate of drug-likeness (QED) is 0.552. The third kappa shape index (κ3) is 2.35. The lowest BCUT2D eigenvalue weighted by Gasteiger charge is -2.08. The number of H-pyrrole nitrogens is 1. The number of nitrogens with zero attached hydrogens (tertiary/aromatic N) is 2. The van der Waals surface area contributed by atoms with Gasteiger partial charge in [0.05, 0.1) is 0 Å². The van der Waals surface area contributed by atoms with Crippen LogP contribution in [-0.4, -0.2) is 20.7 Å². The standard InChI is InChI=1S/C19H13N3OS/c23-18(16-12-6-10-13-7-4-5-11-15(13)16)22-17(20-21-19(22)24)14-8-2-1-3-9-14/h1-12H,(H,21,24). The highest BCUT2D eigenvalue weighted by Crippen LogP contribution is 2.23. The molecular formula is C19H13N3OS. The van der Waals surface area contributed by atoms with E-state index >= 15 is 0 Å². The smallest absolute Gasteiger partial charge is 0.266 e. The summed E-state index contributed by atoms with van der Waals surface area (Å²) in [5.41, 5.74) is 1.43. The van der Waals surface area contributed by atoms with Crippen molar-refractivity contribution in [2.45, 2.75) is 0 Å². The van der Waals surface area contributed by atoms with Crippen LogP contribution >= 0.6 is 12.2 Å². The number of nitrogens with one attached hydrogen (secondary N) is 1. The molecule has 0 spiro atoms. The fourth-order valence-corrected chi connectivity index (χ4v) is 3.01. The predicted octanol–water partition coefficient (Wildman–Crippen LogP) is 4.45. The van der Waals surface area contributed by atoms with Crippen LogP contribution in [0.2, 0.25) is 0 Å². The second-order valence-electron chi connectivity index (χ2n) is 5.39. The molecule has 0 unspecified atom stereocenters. The number of aromatic nitrogens is 3. The van der Waals surface area contributed by atoms with E-state index in [1.807, 2.05) is 72.8 Å². The molecule has 0 saturated heterocycles. The Balaban J connectivity index is 1.92. The Hall–Kier alpha value is -3.05. The molecule has 3 aromatic carbocycles. The summed E-state index contributed by atoms with van der Waals surface area (Å²) in [7, 11) is 0. The van der Waals surface area contributed by atoms with Gasteiger partial charge in [-0.15, -0.1) is 0 Å². The fraction of sp³-hybridized carbons (Fsp3) is 0. The highest BCUT2D eigenvalue weighted by Gasteiger charge is 2.18. The zero-order valence-electron chi connectivity index (χ0n) is 12.6. The van der Waals surface area contributed by atoms with Crippen molar-refractivity contribution in [3.05, 3.63) is 83.1 Å². The van der Waals surface area contributed by atoms with E-state index < -0.39 is 0 Å². The third-order valence-electron chi connectivity index (χ3n) is 3.93. The third-order valence-corrected chi connectivity index (χ3v) is 4.20. The first-order valence-corrected chi connectivity index (χ1v) is 7.92. The summed E-state index contributed by atoms with van der Waals surface area (Å²) in [6, 6.07) is 23.0. The first-order chi connectivity index (χ1) is 11.8. The minimum atomic E-state index is -0.190. The van der Waals surface area contributed by atoms with Gasteiger partial charge < -0.3 is 0 Å². The summed E-state index contributed by atoms with van der Waals surface area (Å²) in [4.78, 5) is 13.2. The molecule has 1 heterocycles. The SMILES string of the molecule is O=C(c1cccc2ccccc12)n1c(-c2ccccc2)n[nH]c1=S. The number of hydrogen-bond acceptors (Lipinski definition) is 3. The summed E-state index contributed by atoms with van der Waals surface area (Å²) in [6.45, 7) is 0. The van der Waals surface area contributed by atoms with Gasteiger partial charge in [0.1, 0.15) is 0 Å². The van der Waals surface area contributed by atoms with Crippen LogP contribution in [0, 0.1) is 4.77 Å². The molecule has 4 aromatic rings. The van der Waals surface area contributed by atoms with Crippen molar-refractivity contribution in [1.82, 2.24) is 14.8 Å². The number of fused-ring (bicyclic) bond motifs is 1. The number of aromatic amines is 1. The van der Waals surface area contributed by atoms with E-state index in [1.165, 1.54) is 4.57 Å². The lowest BCUT2D eigenvalue weighted by Crippen LogP contribution is -2.14. The Labute approximate surface area is 143 Å². The molecule has 1 aromatic heterocycles. The summed E-state index contributed by atoms with van der Waals surface area (Å²) >= 11 is 5.30. The molecule has 116 valence electrons. The second kappa shape index (κ2) is 5.86. The molecule has 0 aliphatic rings. The molecule has 0 atom stereocenters. The number of carbonyl (C=O) groups is 1. The predicted molar refractivity (Wildman–Crippen MR) is 96.5 cm³/mol. The van der Waals surface area contributed by atoms with Gasteiger partial charge in [-0.2, -0.15) is 5.10 Å². The van der Waals surface area contributed by atoms with Gasteiger partial charge in [0.2, 0.25) is 4.77 Å². The van der Waals surface area contributed by atoms with Crippen LogP contribution < -0.4 is 0 Å². The highest BCUT2D eigenvalue weighted by atomic mass is 32.1. The van der Waals surface area contributed by atoms with Crippen LogP contribution in [0.1, 0.15) is 10.4 Å². The Kier molecular flexibility index (Phi) is 3.55. The first-order valence-electron chi connectivity index (χ1n) is 7.51. The lowest BCUT2D eigenvalue weighted by molar-refractivity contribution is 0.0961. The van der Waals surface area contributed by atoms with Gasteiger partial charge in [0.25, 0.3) is 5.91 Å². The average molecular weight is 331 g/mol. The minimum absolute atomic E-state index is 0.190. The molecule has 4 rings (SSSR count). The van der Waals surface area contributed by atoms with Crippen molar-refractivity contribution in [2.24, 2.45) is 0 Å². The molecule has 0 aliphatic carbocycles. The summed E-state index contributed by atoms with van der Waals surface area (Å²) in [6.07, 6.45) is 0. The number of rotatable bonds is 2. The van der Waals surface area contributed by atoms with Gasteiger partial charge >= 0.3 is 0 Å². The summed E-state index contributed by atoms with van der Waals surface area (Å²) < 4.78 is 1.73. The number of benzene rings is 3. The summed E-state index contributed by atoms with van der Waals surface area (Å²) in [5, 5.41) is 8.88. The van der Waals surface area contributed by atoms with Crippen LogP contribution in [0.15, 0.2) is 72.8 Å². The molecule has 0 fully saturated rings. The molecule has 0 bridgehead atoms. The first kappa shape index (κ1) is 14.5. The Morgan fingerprint density at radius 2 is 1.62 bits per heavy atom. The van der Waals surface area contributed by atoms with Crippen molar-refractivity contribution >= 4 is 28.9 Å². The molecule has 1 N–H and O–H groups in total. The largest absolute Gasteiger partial charge is 0.268 e. The van der Waals surface area contributed by atoms with Gasteiger partial charge in [-0.3, -0.25) is 9.89 Å². The van der Waals surface area contributed by atoms with E-state index in [1.54, 1.807) is 0 Å². The normalized spacial score (nSPS) is 10.8. The minimum Gasteiger partial charge on any atom is -0.268 e. The average Bonchev–Trinajstić information content (AvgIpc) is 3.03. The topological polar surface area (TPSA) is 50.7 Å². The second-order valence-corrected chi connectivity index (χ2v) is 5.77. The van der Waals surface area contributed by atoms with E-state index in [2.05, 4.69) is 10.2 Å². The van der Waals surface area contributed by atoms with Crippen molar-refractivity contribution < 1.29 is 4.79 Å². The van der Waals surface area contributed by atoms with Gasteiger partial charge in [-0.25, -0.2) is 4.57 Å². The molecule has 5 heteroatoms. The van der Waals surface area contributed by atoms with Crippen LogP contribution in [0.25, 0.3) is 22.2 Å². The molecule has 0 radical (unpaired) electrons. The van der Waals surface area contributed by atoms with E-state index in [-0.39, 0.29) is 10.7 Å². The van der Waals surface area contributed by atoms with Crippen molar-refractivity contribution in [2.75, 3.05) is 0 Å². The molecule has 0 amide bonds. The Bertz CT molecular complexity index is 1090. The maximum atomic E-state index is 13.2. The Morgan fingerprint density at radius 1 is 0.917 bits per heavy atom. The van der Waals surface area contributed by atoms with Crippen molar-refractivity contribution in [3.63, 3.8) is 0 Å². The van der Waals surface area contributed by atoms with Crippen LogP contribution in [-0.2, 0) is 0 Å². The number of hydrogen-bond donors (Lipinski definition) is 1. The monoisotopic (exact) mass is 331 g/mol. The maximum absolute atomic E-state index is 13.2. The fourth-order valence-electron chi connectivity index (χ4n) is 2.80. The van der Waals surface area contributed by atoms with Crippen LogP contribution in [0.5, 0.6) is 0 Å². The highest BCUT2D eigenvalue weighted by molar-refractivity contribution is 7.71. The van der Waals surface area contributed by atoms with Crippen molar-refractivity contribution in [1.29, 1.82) is 0 Å². The molecule has 24 heavy (non-hydrogen) atoms.